The maximum absolute atomic E-state index is 11.7. The number of hydrogen-bond donors (Lipinski definition) is 3. The highest BCUT2D eigenvalue weighted by Gasteiger charge is 2.06. The highest BCUT2D eigenvalue weighted by atomic mass is 35.5. The molecule has 1 amide bonds. The number of rotatable bonds is 7. The molecule has 3 N–H and O–H groups in total. The second kappa shape index (κ2) is 10.8. The predicted octanol–water partition coefficient (Wildman–Crippen LogP) is 3.30. The molecule has 2 rings (SSSR count). The maximum Gasteiger partial charge on any atom is 0.251 e. The number of nitrogens with zero attached hydrogens (tertiary/aromatic N) is 1. The average Bonchev–Trinajstić information content (AvgIpc) is 2.68. The van der Waals surface area contributed by atoms with Gasteiger partial charge in [0.25, 0.3) is 5.91 Å². The Bertz CT molecular complexity index is 788. The fraction of sp³-hybridized carbons (Fsp3) is 0.300. The summed E-state index contributed by atoms with van der Waals surface area (Å²) in [4.78, 5) is 15.9. The van der Waals surface area contributed by atoms with Crippen LogP contribution in [0.25, 0.3) is 0 Å². The van der Waals surface area contributed by atoms with Crippen LogP contribution >= 0.6 is 23.2 Å². The lowest BCUT2D eigenvalue weighted by Crippen LogP contribution is -2.39. The molecule has 27 heavy (non-hydrogen) atoms. The number of aliphatic imine (C=N–C) groups is 1. The Morgan fingerprint density at radius 2 is 1.63 bits per heavy atom. The third kappa shape index (κ3) is 6.45. The monoisotopic (exact) mass is 406 g/mol. The van der Waals surface area contributed by atoms with E-state index in [4.69, 9.17) is 23.2 Å². The van der Waals surface area contributed by atoms with Gasteiger partial charge in [0, 0.05) is 42.8 Å². The van der Waals surface area contributed by atoms with Crippen molar-refractivity contribution in [3.63, 3.8) is 0 Å². The molecule has 7 heteroatoms. The summed E-state index contributed by atoms with van der Waals surface area (Å²) in [5.41, 5.74) is 2.67. The van der Waals surface area contributed by atoms with Crippen molar-refractivity contribution in [2.45, 2.75) is 12.8 Å². The summed E-state index contributed by atoms with van der Waals surface area (Å²) in [6.45, 7) is 1.36. The summed E-state index contributed by atoms with van der Waals surface area (Å²) in [7, 11) is 3.35. The Morgan fingerprint density at radius 1 is 1.00 bits per heavy atom. The second-order valence-corrected chi connectivity index (χ2v) is 6.72. The number of benzene rings is 2. The topological polar surface area (TPSA) is 65.5 Å². The standard InChI is InChI=1S/C20H24Cl2N4O/c1-23-19(27)15-6-3-5-14(13-15)9-11-25-20(24-2)26-12-10-16-17(21)7-4-8-18(16)22/h3-8,13H,9-12H2,1-2H3,(H,23,27)(H2,24,25,26). The van der Waals surface area contributed by atoms with Gasteiger partial charge in [-0.15, -0.1) is 0 Å². The summed E-state index contributed by atoms with van der Waals surface area (Å²) < 4.78 is 0. The third-order valence-corrected chi connectivity index (χ3v) is 4.78. The Morgan fingerprint density at radius 3 is 2.26 bits per heavy atom. The summed E-state index contributed by atoms with van der Waals surface area (Å²) in [5.74, 6) is 0.626. The SMILES string of the molecule is CN=C(NCCc1cccc(C(=O)NC)c1)NCCc1c(Cl)cccc1Cl. The first-order valence-electron chi connectivity index (χ1n) is 8.73. The highest BCUT2D eigenvalue weighted by Crippen LogP contribution is 2.24. The minimum absolute atomic E-state index is 0.0829. The molecule has 0 aromatic heterocycles. The summed E-state index contributed by atoms with van der Waals surface area (Å²) in [6.07, 6.45) is 1.48. The predicted molar refractivity (Wildman–Crippen MR) is 113 cm³/mol. The molecule has 0 spiro atoms. The van der Waals surface area contributed by atoms with Crippen LogP contribution in [0, 0.1) is 0 Å². The van der Waals surface area contributed by atoms with Crippen molar-refractivity contribution < 1.29 is 4.79 Å². The quantitative estimate of drug-likeness (QED) is 0.488. The molecule has 0 saturated heterocycles. The van der Waals surface area contributed by atoms with Gasteiger partial charge in [-0.2, -0.15) is 0 Å². The van der Waals surface area contributed by atoms with Gasteiger partial charge in [0.05, 0.1) is 0 Å². The number of carbonyl (C=O) groups excluding carboxylic acids is 1. The molecular formula is C20H24Cl2N4O. The van der Waals surface area contributed by atoms with E-state index in [0.717, 1.165) is 17.5 Å². The first-order valence-corrected chi connectivity index (χ1v) is 9.49. The molecule has 2 aromatic rings. The van der Waals surface area contributed by atoms with E-state index in [0.29, 0.717) is 41.1 Å². The van der Waals surface area contributed by atoms with Crippen molar-refractivity contribution in [3.05, 3.63) is 69.2 Å². The van der Waals surface area contributed by atoms with Crippen molar-refractivity contribution in [3.8, 4) is 0 Å². The van der Waals surface area contributed by atoms with E-state index in [1.54, 1.807) is 20.2 Å². The van der Waals surface area contributed by atoms with Crippen molar-refractivity contribution in [1.29, 1.82) is 0 Å². The van der Waals surface area contributed by atoms with Crippen LogP contribution in [0.2, 0.25) is 10.0 Å². The second-order valence-electron chi connectivity index (χ2n) is 5.91. The van der Waals surface area contributed by atoms with Gasteiger partial charge in [0.15, 0.2) is 5.96 Å². The van der Waals surface area contributed by atoms with Crippen molar-refractivity contribution in [2.24, 2.45) is 4.99 Å². The number of amides is 1. The minimum atomic E-state index is -0.0829. The van der Waals surface area contributed by atoms with E-state index in [-0.39, 0.29) is 5.91 Å². The van der Waals surface area contributed by atoms with Crippen LogP contribution in [-0.4, -0.2) is 39.1 Å². The van der Waals surface area contributed by atoms with Crippen molar-refractivity contribution >= 4 is 35.1 Å². The number of nitrogens with one attached hydrogen (secondary N) is 3. The van der Waals surface area contributed by atoms with Gasteiger partial charge >= 0.3 is 0 Å². The van der Waals surface area contributed by atoms with Crippen LogP contribution in [0.3, 0.4) is 0 Å². The molecule has 0 heterocycles. The molecule has 0 atom stereocenters. The van der Waals surface area contributed by atoms with Gasteiger partial charge in [-0.25, -0.2) is 0 Å². The van der Waals surface area contributed by atoms with E-state index in [1.165, 1.54) is 0 Å². The van der Waals surface area contributed by atoms with Gasteiger partial charge in [-0.1, -0.05) is 41.4 Å². The van der Waals surface area contributed by atoms with Gasteiger partial charge in [0.1, 0.15) is 0 Å². The normalized spacial score (nSPS) is 11.2. The average molecular weight is 407 g/mol. The Labute approximate surface area is 170 Å². The fourth-order valence-electron chi connectivity index (χ4n) is 2.64. The Kier molecular flexibility index (Phi) is 8.43. The fourth-order valence-corrected chi connectivity index (χ4v) is 3.22. The number of carbonyl (C=O) groups is 1. The third-order valence-electron chi connectivity index (χ3n) is 4.08. The maximum atomic E-state index is 11.7. The first-order chi connectivity index (χ1) is 13.0. The smallest absolute Gasteiger partial charge is 0.251 e. The Hall–Kier alpha value is -2.24. The Balaban J connectivity index is 1.80. The summed E-state index contributed by atoms with van der Waals surface area (Å²) in [5, 5.41) is 10.5. The zero-order valence-electron chi connectivity index (χ0n) is 15.5. The summed E-state index contributed by atoms with van der Waals surface area (Å²) in [6, 6.07) is 13.1. The molecule has 0 fully saturated rings. The largest absolute Gasteiger partial charge is 0.356 e. The first kappa shape index (κ1) is 21.1. The van der Waals surface area contributed by atoms with E-state index in [2.05, 4.69) is 20.9 Å². The van der Waals surface area contributed by atoms with E-state index in [9.17, 15) is 4.79 Å². The molecule has 0 radical (unpaired) electrons. The number of halogens is 2. The van der Waals surface area contributed by atoms with Crippen LogP contribution < -0.4 is 16.0 Å². The molecule has 144 valence electrons. The van der Waals surface area contributed by atoms with Crippen LogP contribution in [-0.2, 0) is 12.8 Å². The molecule has 0 saturated carbocycles. The van der Waals surface area contributed by atoms with Gasteiger partial charge < -0.3 is 16.0 Å². The lowest BCUT2D eigenvalue weighted by molar-refractivity contribution is 0.0963. The number of guanidine groups is 1. The summed E-state index contributed by atoms with van der Waals surface area (Å²) >= 11 is 12.4. The molecule has 2 aromatic carbocycles. The van der Waals surface area contributed by atoms with Crippen molar-refractivity contribution in [1.82, 2.24) is 16.0 Å². The molecule has 5 nitrogen and oxygen atoms in total. The van der Waals surface area contributed by atoms with Crippen LogP contribution in [0.4, 0.5) is 0 Å². The van der Waals surface area contributed by atoms with Crippen LogP contribution in [0.1, 0.15) is 21.5 Å². The minimum Gasteiger partial charge on any atom is -0.356 e. The molecule has 0 aliphatic carbocycles. The van der Waals surface area contributed by atoms with Gasteiger partial charge in [-0.05, 0) is 48.2 Å². The lowest BCUT2D eigenvalue weighted by atomic mass is 10.1. The molecule has 0 unspecified atom stereocenters. The molecule has 0 aliphatic heterocycles. The van der Waals surface area contributed by atoms with Crippen molar-refractivity contribution in [2.75, 3.05) is 27.2 Å². The van der Waals surface area contributed by atoms with Gasteiger partial charge in [-0.3, -0.25) is 9.79 Å². The lowest BCUT2D eigenvalue weighted by Gasteiger charge is -2.13. The molecular weight excluding hydrogens is 383 g/mol. The molecule has 0 aliphatic rings. The zero-order chi connectivity index (χ0) is 19.6. The highest BCUT2D eigenvalue weighted by molar-refractivity contribution is 6.36. The van der Waals surface area contributed by atoms with Crippen LogP contribution in [0.5, 0.6) is 0 Å². The zero-order valence-corrected chi connectivity index (χ0v) is 17.0. The van der Waals surface area contributed by atoms with Gasteiger partial charge in [0.2, 0.25) is 0 Å². The van der Waals surface area contributed by atoms with E-state index < -0.39 is 0 Å². The number of hydrogen-bond acceptors (Lipinski definition) is 2. The molecule has 0 bridgehead atoms. The van der Waals surface area contributed by atoms with Crippen LogP contribution in [0.15, 0.2) is 47.5 Å². The van der Waals surface area contributed by atoms with E-state index >= 15 is 0 Å². The van der Waals surface area contributed by atoms with E-state index in [1.807, 2.05) is 36.4 Å².